The molecule has 6 nitrogen and oxygen atoms in total. The van der Waals surface area contributed by atoms with Gasteiger partial charge < -0.3 is 26.3 Å². The van der Waals surface area contributed by atoms with Crippen molar-refractivity contribution in [3.63, 3.8) is 0 Å². The molecule has 0 radical (unpaired) electrons. The van der Waals surface area contributed by atoms with Gasteiger partial charge in [-0.1, -0.05) is 168 Å². The molecule has 0 aliphatic carbocycles. The summed E-state index contributed by atoms with van der Waals surface area (Å²) in [5.41, 5.74) is 11.8. The molecule has 5 N–H and O–H groups in total. The number of rotatable bonds is 36. The zero-order valence-electron chi connectivity index (χ0n) is 30.9. The third-order valence-electron chi connectivity index (χ3n) is 9.31. The Kier molecular flexibility index (Phi) is 34.1. The predicted octanol–water partition coefficient (Wildman–Crippen LogP) is 10.5. The fraction of sp³-hybridized carbons (Fsp3) is 0.974. The summed E-state index contributed by atoms with van der Waals surface area (Å²) in [4.78, 5) is 12.7. The molecular formula is C39H81N3O3. The van der Waals surface area contributed by atoms with Gasteiger partial charge in [-0.3, -0.25) is 4.79 Å². The van der Waals surface area contributed by atoms with E-state index in [1.807, 2.05) is 0 Å². The molecule has 4 atom stereocenters. The van der Waals surface area contributed by atoms with Crippen LogP contribution in [0.4, 0.5) is 0 Å². The molecule has 0 spiro atoms. The normalized spacial score (nSPS) is 14.4. The Bertz CT molecular complexity index is 606. The van der Waals surface area contributed by atoms with Crippen molar-refractivity contribution in [2.24, 2.45) is 11.5 Å². The van der Waals surface area contributed by atoms with Gasteiger partial charge in [0.1, 0.15) is 6.23 Å². The maximum absolute atomic E-state index is 12.7. The molecule has 0 saturated carbocycles. The predicted molar refractivity (Wildman–Crippen MR) is 196 cm³/mol. The third kappa shape index (κ3) is 29.2. The number of amides is 1. The lowest BCUT2D eigenvalue weighted by Crippen LogP contribution is -2.48. The minimum atomic E-state index is -0.515. The Morgan fingerprint density at radius 3 is 1.47 bits per heavy atom. The van der Waals surface area contributed by atoms with Crippen molar-refractivity contribution in [1.82, 2.24) is 5.32 Å². The first-order valence-corrected chi connectivity index (χ1v) is 20.0. The molecule has 0 heterocycles. The summed E-state index contributed by atoms with van der Waals surface area (Å²) in [6, 6.07) is -0.515. The van der Waals surface area contributed by atoms with E-state index >= 15 is 0 Å². The van der Waals surface area contributed by atoms with E-state index < -0.39 is 6.04 Å². The summed E-state index contributed by atoms with van der Waals surface area (Å²) >= 11 is 0. The van der Waals surface area contributed by atoms with E-state index in [-0.39, 0.29) is 24.3 Å². The maximum Gasteiger partial charge on any atom is 0.238 e. The Hall–Kier alpha value is -0.690. The Morgan fingerprint density at radius 1 is 0.600 bits per heavy atom. The topological polar surface area (TPSA) is 99.6 Å². The van der Waals surface area contributed by atoms with Gasteiger partial charge in [0.25, 0.3) is 0 Å². The largest absolute Gasteiger partial charge is 0.376 e. The standard InChI is InChI=1S/C39H81N3O3/c1-5-8-10-12-14-16-18-19-20-21-23-25-27-32-37(45-38(7-3)42-39(43)36(41)31-28-29-33-40)35(4)44-34-30-26-24-22-17-15-13-11-9-6-2/h35-38H,5-34,40-41H2,1-4H3,(H,42,43)/t35?,36-,37?,38?/m0/s1. The monoisotopic (exact) mass is 640 g/mol. The summed E-state index contributed by atoms with van der Waals surface area (Å²) in [5, 5.41) is 3.07. The van der Waals surface area contributed by atoms with Crippen LogP contribution < -0.4 is 16.8 Å². The van der Waals surface area contributed by atoms with Crippen molar-refractivity contribution >= 4 is 5.91 Å². The summed E-state index contributed by atoms with van der Waals surface area (Å²) in [6.45, 7) is 10.2. The molecule has 0 aromatic carbocycles. The van der Waals surface area contributed by atoms with E-state index in [0.29, 0.717) is 19.4 Å². The molecule has 0 aliphatic rings. The van der Waals surface area contributed by atoms with Gasteiger partial charge in [-0.25, -0.2) is 0 Å². The van der Waals surface area contributed by atoms with Crippen LogP contribution in [0.3, 0.4) is 0 Å². The van der Waals surface area contributed by atoms with Crippen molar-refractivity contribution in [2.75, 3.05) is 13.2 Å². The fourth-order valence-corrected chi connectivity index (χ4v) is 6.09. The van der Waals surface area contributed by atoms with Crippen LogP contribution in [-0.4, -0.2) is 43.5 Å². The zero-order valence-corrected chi connectivity index (χ0v) is 30.9. The highest BCUT2D eigenvalue weighted by Crippen LogP contribution is 2.19. The fourth-order valence-electron chi connectivity index (χ4n) is 6.09. The van der Waals surface area contributed by atoms with Gasteiger partial charge in [0.15, 0.2) is 0 Å². The smallest absolute Gasteiger partial charge is 0.238 e. The third-order valence-corrected chi connectivity index (χ3v) is 9.31. The number of unbranched alkanes of at least 4 members (excludes halogenated alkanes) is 22. The second kappa shape index (κ2) is 34.6. The van der Waals surface area contributed by atoms with E-state index in [2.05, 4.69) is 33.0 Å². The van der Waals surface area contributed by atoms with Gasteiger partial charge in [0.2, 0.25) is 5.91 Å². The van der Waals surface area contributed by atoms with Crippen LogP contribution >= 0.6 is 0 Å². The molecule has 0 rings (SSSR count). The Labute approximate surface area is 281 Å². The number of carbonyl (C=O) groups is 1. The van der Waals surface area contributed by atoms with E-state index in [9.17, 15) is 4.79 Å². The summed E-state index contributed by atoms with van der Waals surface area (Å²) < 4.78 is 12.9. The van der Waals surface area contributed by atoms with Crippen molar-refractivity contribution in [1.29, 1.82) is 0 Å². The lowest BCUT2D eigenvalue weighted by molar-refractivity contribution is -0.136. The number of carbonyl (C=O) groups excluding carboxylic acids is 1. The highest BCUT2D eigenvalue weighted by atomic mass is 16.6. The second-order valence-corrected chi connectivity index (χ2v) is 13.8. The van der Waals surface area contributed by atoms with Gasteiger partial charge in [0, 0.05) is 6.61 Å². The van der Waals surface area contributed by atoms with E-state index in [0.717, 1.165) is 38.7 Å². The van der Waals surface area contributed by atoms with Crippen LogP contribution in [0.25, 0.3) is 0 Å². The SMILES string of the molecule is CCCCCCCCCCCCCCCC(OC(CC)NC(=O)[C@@H](N)CCCCN)C(C)OCCCCCCCCCCCC. The highest BCUT2D eigenvalue weighted by Gasteiger charge is 2.24. The quantitative estimate of drug-likeness (QED) is 0.0468. The molecule has 6 heteroatoms. The molecular weight excluding hydrogens is 558 g/mol. The average Bonchev–Trinajstić information content (AvgIpc) is 3.04. The molecule has 270 valence electrons. The second-order valence-electron chi connectivity index (χ2n) is 13.8. The van der Waals surface area contributed by atoms with Crippen molar-refractivity contribution in [3.8, 4) is 0 Å². The van der Waals surface area contributed by atoms with Crippen LogP contribution in [0, 0.1) is 0 Å². The molecule has 0 aliphatic heterocycles. The molecule has 0 fully saturated rings. The Balaban J connectivity index is 4.50. The molecule has 45 heavy (non-hydrogen) atoms. The molecule has 1 amide bonds. The minimum absolute atomic E-state index is 0.00470. The van der Waals surface area contributed by atoms with Gasteiger partial charge in [-0.05, 0) is 45.6 Å². The van der Waals surface area contributed by atoms with Gasteiger partial charge in [0.05, 0.1) is 18.2 Å². The lowest BCUT2D eigenvalue weighted by Gasteiger charge is -2.30. The van der Waals surface area contributed by atoms with Crippen LogP contribution in [0.5, 0.6) is 0 Å². The number of hydrogen-bond donors (Lipinski definition) is 3. The number of hydrogen-bond acceptors (Lipinski definition) is 5. The van der Waals surface area contributed by atoms with Crippen LogP contribution in [-0.2, 0) is 14.3 Å². The van der Waals surface area contributed by atoms with Crippen LogP contribution in [0.1, 0.15) is 207 Å². The molecule has 0 aromatic rings. The molecule has 0 bridgehead atoms. The summed E-state index contributed by atoms with van der Waals surface area (Å²) in [7, 11) is 0. The van der Waals surface area contributed by atoms with Crippen molar-refractivity contribution in [3.05, 3.63) is 0 Å². The van der Waals surface area contributed by atoms with Crippen molar-refractivity contribution < 1.29 is 14.3 Å². The molecule has 0 saturated heterocycles. The van der Waals surface area contributed by atoms with E-state index in [4.69, 9.17) is 20.9 Å². The zero-order chi connectivity index (χ0) is 33.2. The number of ether oxygens (including phenoxy) is 2. The van der Waals surface area contributed by atoms with E-state index in [1.54, 1.807) is 0 Å². The molecule has 0 aromatic heterocycles. The number of nitrogens with one attached hydrogen (secondary N) is 1. The summed E-state index contributed by atoms with van der Waals surface area (Å²) in [5.74, 6) is -0.127. The first kappa shape index (κ1) is 44.3. The van der Waals surface area contributed by atoms with Gasteiger partial charge >= 0.3 is 0 Å². The number of nitrogens with two attached hydrogens (primary N) is 2. The first-order valence-electron chi connectivity index (χ1n) is 20.0. The first-order chi connectivity index (χ1) is 22.0. The van der Waals surface area contributed by atoms with Crippen LogP contribution in [0.2, 0.25) is 0 Å². The average molecular weight is 640 g/mol. The van der Waals surface area contributed by atoms with Gasteiger partial charge in [-0.2, -0.15) is 0 Å². The minimum Gasteiger partial charge on any atom is -0.376 e. The lowest BCUT2D eigenvalue weighted by atomic mass is 10.0. The Morgan fingerprint density at radius 2 is 1.02 bits per heavy atom. The summed E-state index contributed by atoms with van der Waals surface area (Å²) in [6.07, 6.45) is 34.5. The maximum atomic E-state index is 12.7. The van der Waals surface area contributed by atoms with Gasteiger partial charge in [-0.15, -0.1) is 0 Å². The highest BCUT2D eigenvalue weighted by molar-refractivity contribution is 5.81. The van der Waals surface area contributed by atoms with Crippen molar-refractivity contribution in [2.45, 2.75) is 232 Å². The van der Waals surface area contributed by atoms with Crippen LogP contribution in [0.15, 0.2) is 0 Å². The molecule has 3 unspecified atom stereocenters. The van der Waals surface area contributed by atoms with E-state index in [1.165, 1.54) is 135 Å².